The van der Waals surface area contributed by atoms with Crippen molar-refractivity contribution in [1.82, 2.24) is 5.32 Å². The zero-order valence-electron chi connectivity index (χ0n) is 17.5. The first-order valence-electron chi connectivity index (χ1n) is 10.3. The third-order valence-corrected chi connectivity index (χ3v) is 5.61. The van der Waals surface area contributed by atoms with E-state index in [0.29, 0.717) is 0 Å². The molecule has 0 spiro atoms. The Balaban J connectivity index is 1.51. The van der Waals surface area contributed by atoms with Crippen molar-refractivity contribution in [1.29, 1.82) is 0 Å². The van der Waals surface area contributed by atoms with Crippen LogP contribution in [0.25, 0.3) is 0 Å². The quantitative estimate of drug-likeness (QED) is 0.783. The maximum absolute atomic E-state index is 12.3. The zero-order chi connectivity index (χ0) is 20.1. The number of carbonyl (C=O) groups excluding carboxylic acids is 1. The molecule has 0 saturated carbocycles. The summed E-state index contributed by atoms with van der Waals surface area (Å²) in [6, 6.07) is 14.5. The molecule has 0 bridgehead atoms. The van der Waals surface area contributed by atoms with Gasteiger partial charge in [0.1, 0.15) is 5.75 Å². The fourth-order valence-corrected chi connectivity index (χ4v) is 3.71. The van der Waals surface area contributed by atoms with Crippen molar-refractivity contribution in [3.05, 3.63) is 59.2 Å². The van der Waals surface area contributed by atoms with Gasteiger partial charge in [-0.3, -0.25) is 4.79 Å². The molecule has 1 aliphatic heterocycles. The van der Waals surface area contributed by atoms with Gasteiger partial charge in [-0.15, -0.1) is 0 Å². The van der Waals surface area contributed by atoms with E-state index in [1.54, 1.807) is 0 Å². The number of anilines is 1. The van der Waals surface area contributed by atoms with Gasteiger partial charge in [-0.2, -0.15) is 0 Å². The lowest BCUT2D eigenvalue weighted by Gasteiger charge is -2.32. The van der Waals surface area contributed by atoms with E-state index >= 15 is 0 Å². The summed E-state index contributed by atoms with van der Waals surface area (Å²) in [5, 5.41) is 3.02. The Labute approximate surface area is 168 Å². The van der Waals surface area contributed by atoms with Crippen LogP contribution in [-0.4, -0.2) is 25.6 Å². The van der Waals surface area contributed by atoms with Crippen LogP contribution in [0.3, 0.4) is 0 Å². The summed E-state index contributed by atoms with van der Waals surface area (Å²) in [6.07, 6.45) is 2.52. The first kappa shape index (κ1) is 20.2. The molecule has 1 fully saturated rings. The van der Waals surface area contributed by atoms with Crippen molar-refractivity contribution in [2.75, 3.05) is 24.6 Å². The Bertz CT molecular complexity index is 793. The number of benzene rings is 2. The number of hydrogen-bond donors (Lipinski definition) is 1. The van der Waals surface area contributed by atoms with Crippen LogP contribution in [0, 0.1) is 19.8 Å². The molecule has 1 amide bonds. The predicted octanol–water partition coefficient (Wildman–Crippen LogP) is 4.80. The standard InChI is InChI=1S/C24H32N2O2/c1-17-11-13-26(14-12-17)22-8-6-21(7-9-22)20(4)25-24(27)16-28-23-10-5-18(2)15-19(23)3/h5-10,15,17,20H,11-14,16H2,1-4H3,(H,25,27)/t20-/m1/s1. The molecule has 0 aromatic heterocycles. The van der Waals surface area contributed by atoms with E-state index in [-0.39, 0.29) is 18.6 Å². The Kier molecular flexibility index (Phi) is 6.61. The van der Waals surface area contributed by atoms with Crippen molar-refractivity contribution in [3.8, 4) is 5.75 Å². The maximum atomic E-state index is 12.3. The van der Waals surface area contributed by atoms with Crippen LogP contribution >= 0.6 is 0 Å². The molecule has 1 heterocycles. The van der Waals surface area contributed by atoms with Crippen molar-refractivity contribution >= 4 is 11.6 Å². The van der Waals surface area contributed by atoms with Crippen molar-refractivity contribution in [2.24, 2.45) is 5.92 Å². The van der Waals surface area contributed by atoms with Gasteiger partial charge in [-0.05, 0) is 68.9 Å². The average Bonchev–Trinajstić information content (AvgIpc) is 2.68. The molecule has 1 N–H and O–H groups in total. The van der Waals surface area contributed by atoms with Crippen LogP contribution in [0.15, 0.2) is 42.5 Å². The van der Waals surface area contributed by atoms with Gasteiger partial charge in [0, 0.05) is 18.8 Å². The van der Waals surface area contributed by atoms with Crippen LogP contribution < -0.4 is 15.0 Å². The molecular formula is C24H32N2O2. The minimum atomic E-state index is -0.110. The lowest BCUT2D eigenvalue weighted by molar-refractivity contribution is -0.123. The molecule has 150 valence electrons. The van der Waals surface area contributed by atoms with Crippen LogP contribution in [-0.2, 0) is 4.79 Å². The van der Waals surface area contributed by atoms with Gasteiger partial charge in [0.05, 0.1) is 6.04 Å². The lowest BCUT2D eigenvalue weighted by Crippen LogP contribution is -2.33. The van der Waals surface area contributed by atoms with E-state index in [9.17, 15) is 4.79 Å². The fraction of sp³-hybridized carbons (Fsp3) is 0.458. The molecule has 4 nitrogen and oxygen atoms in total. The van der Waals surface area contributed by atoms with Gasteiger partial charge in [0.2, 0.25) is 0 Å². The SMILES string of the molecule is Cc1ccc(OCC(=O)N[C@H](C)c2ccc(N3CCC(C)CC3)cc2)c(C)c1. The van der Waals surface area contributed by atoms with Crippen molar-refractivity contribution in [2.45, 2.75) is 46.6 Å². The third-order valence-electron chi connectivity index (χ3n) is 5.61. The second-order valence-corrected chi connectivity index (χ2v) is 8.11. The number of aryl methyl sites for hydroxylation is 2. The molecule has 3 rings (SSSR count). The number of rotatable bonds is 6. The first-order valence-corrected chi connectivity index (χ1v) is 10.3. The second kappa shape index (κ2) is 9.13. The van der Waals surface area contributed by atoms with Gasteiger partial charge in [0.15, 0.2) is 6.61 Å². The molecule has 0 unspecified atom stereocenters. The largest absolute Gasteiger partial charge is 0.484 e. The molecule has 28 heavy (non-hydrogen) atoms. The van der Waals surface area contributed by atoms with Crippen LogP contribution in [0.5, 0.6) is 5.75 Å². The Morgan fingerprint density at radius 3 is 2.46 bits per heavy atom. The fourth-order valence-electron chi connectivity index (χ4n) is 3.71. The number of hydrogen-bond acceptors (Lipinski definition) is 3. The van der Waals surface area contributed by atoms with E-state index in [1.807, 2.05) is 32.9 Å². The summed E-state index contributed by atoms with van der Waals surface area (Å²) >= 11 is 0. The zero-order valence-corrected chi connectivity index (χ0v) is 17.5. The van der Waals surface area contributed by atoms with Crippen LogP contribution in [0.4, 0.5) is 5.69 Å². The molecule has 1 aliphatic rings. The van der Waals surface area contributed by atoms with E-state index in [4.69, 9.17) is 4.74 Å². The molecule has 1 saturated heterocycles. The molecule has 1 atom stereocenters. The average molecular weight is 381 g/mol. The van der Waals surface area contributed by atoms with Gasteiger partial charge in [-0.1, -0.05) is 36.8 Å². The van der Waals surface area contributed by atoms with E-state index < -0.39 is 0 Å². The number of amides is 1. The van der Waals surface area contributed by atoms with Gasteiger partial charge in [0.25, 0.3) is 5.91 Å². The highest BCUT2D eigenvalue weighted by molar-refractivity contribution is 5.78. The molecule has 2 aromatic rings. The third kappa shape index (κ3) is 5.28. The number of carbonyl (C=O) groups is 1. The monoisotopic (exact) mass is 380 g/mol. The van der Waals surface area contributed by atoms with Gasteiger partial charge in [-0.25, -0.2) is 0 Å². The van der Waals surface area contributed by atoms with Gasteiger partial charge >= 0.3 is 0 Å². The van der Waals surface area contributed by atoms with E-state index in [0.717, 1.165) is 35.9 Å². The number of piperidine rings is 1. The predicted molar refractivity (Wildman–Crippen MR) is 115 cm³/mol. The highest BCUT2D eigenvalue weighted by atomic mass is 16.5. The van der Waals surface area contributed by atoms with Crippen LogP contribution in [0.2, 0.25) is 0 Å². The minimum Gasteiger partial charge on any atom is -0.484 e. The van der Waals surface area contributed by atoms with Crippen LogP contribution in [0.1, 0.15) is 49.4 Å². The first-order chi connectivity index (χ1) is 13.4. The second-order valence-electron chi connectivity index (χ2n) is 8.11. The molecule has 2 aromatic carbocycles. The normalized spacial score (nSPS) is 15.9. The lowest BCUT2D eigenvalue weighted by atomic mass is 9.98. The maximum Gasteiger partial charge on any atom is 0.258 e. The summed E-state index contributed by atoms with van der Waals surface area (Å²) in [7, 11) is 0. The molecule has 4 heteroatoms. The topological polar surface area (TPSA) is 41.6 Å². The molecular weight excluding hydrogens is 348 g/mol. The summed E-state index contributed by atoms with van der Waals surface area (Å²) in [4.78, 5) is 14.7. The minimum absolute atomic E-state index is 0.0261. The summed E-state index contributed by atoms with van der Waals surface area (Å²) in [6.45, 7) is 10.7. The molecule has 0 aliphatic carbocycles. The highest BCUT2D eigenvalue weighted by Crippen LogP contribution is 2.24. The Hall–Kier alpha value is -2.49. The number of nitrogens with zero attached hydrogens (tertiary/aromatic N) is 1. The Morgan fingerprint density at radius 2 is 1.82 bits per heavy atom. The van der Waals surface area contributed by atoms with Gasteiger partial charge < -0.3 is 15.0 Å². The van der Waals surface area contributed by atoms with Crippen molar-refractivity contribution in [3.63, 3.8) is 0 Å². The highest BCUT2D eigenvalue weighted by Gasteiger charge is 2.16. The van der Waals surface area contributed by atoms with E-state index in [2.05, 4.69) is 47.5 Å². The van der Waals surface area contributed by atoms with Crippen molar-refractivity contribution < 1.29 is 9.53 Å². The summed E-state index contributed by atoms with van der Waals surface area (Å²) in [5.41, 5.74) is 4.61. The Morgan fingerprint density at radius 1 is 1.14 bits per heavy atom. The number of ether oxygens (including phenoxy) is 1. The number of nitrogens with one attached hydrogen (secondary N) is 1. The summed E-state index contributed by atoms with van der Waals surface area (Å²) in [5.74, 6) is 1.48. The molecule has 0 radical (unpaired) electrons. The van der Waals surface area contributed by atoms with E-state index in [1.165, 1.54) is 24.1 Å². The smallest absolute Gasteiger partial charge is 0.258 e. The summed E-state index contributed by atoms with van der Waals surface area (Å²) < 4.78 is 5.68.